The highest BCUT2D eigenvalue weighted by Gasteiger charge is 2.15. The van der Waals surface area contributed by atoms with E-state index in [0.717, 1.165) is 38.6 Å². The average Bonchev–Trinajstić information content (AvgIpc) is 2.82. The van der Waals surface area contributed by atoms with Crippen LogP contribution in [0.5, 0.6) is 0 Å². The summed E-state index contributed by atoms with van der Waals surface area (Å²) in [6.45, 7) is 3.83. The number of pyridine rings is 3. The second-order valence-corrected chi connectivity index (χ2v) is 8.21. The molecule has 5 rings (SSSR count). The summed E-state index contributed by atoms with van der Waals surface area (Å²) in [4.78, 5) is 35.0. The van der Waals surface area contributed by atoms with E-state index in [9.17, 15) is 9.59 Å². The molecule has 6 heteroatoms. The lowest BCUT2D eigenvalue weighted by Gasteiger charge is -2.13. The summed E-state index contributed by atoms with van der Waals surface area (Å²) < 4.78 is 1.63. The van der Waals surface area contributed by atoms with E-state index in [4.69, 9.17) is 0 Å². The first-order valence-corrected chi connectivity index (χ1v) is 10.6. The summed E-state index contributed by atoms with van der Waals surface area (Å²) in [5, 5.41) is 4.73. The number of amides is 1. The first kappa shape index (κ1) is 20.6. The highest BCUT2D eigenvalue weighted by atomic mass is 16.1. The zero-order chi connectivity index (χ0) is 23.1. The fraction of sp³-hybridized carbons (Fsp3) is 0.111. The SMILES string of the molecule is Cc1cc2c(cn1)cc(-c1cc(C(=O)Nc3cnc4ccccc4c3)ccc1C)c(=O)n2C. The highest BCUT2D eigenvalue weighted by Crippen LogP contribution is 2.26. The minimum atomic E-state index is -0.261. The molecule has 6 nitrogen and oxygen atoms in total. The van der Waals surface area contributed by atoms with Gasteiger partial charge in [0.15, 0.2) is 0 Å². The number of aromatic nitrogens is 3. The summed E-state index contributed by atoms with van der Waals surface area (Å²) in [6, 6.07) is 18.8. The van der Waals surface area contributed by atoms with Gasteiger partial charge in [-0.1, -0.05) is 24.3 Å². The second-order valence-electron chi connectivity index (χ2n) is 8.21. The molecule has 0 unspecified atom stereocenters. The van der Waals surface area contributed by atoms with Gasteiger partial charge in [-0.05, 0) is 61.4 Å². The predicted molar refractivity (Wildman–Crippen MR) is 132 cm³/mol. The molecule has 1 amide bonds. The van der Waals surface area contributed by atoms with Crippen molar-refractivity contribution in [2.75, 3.05) is 5.32 Å². The minimum absolute atomic E-state index is 0.118. The zero-order valence-electron chi connectivity index (χ0n) is 18.6. The van der Waals surface area contributed by atoms with Crippen molar-refractivity contribution in [3.05, 3.63) is 100 Å². The lowest BCUT2D eigenvalue weighted by Crippen LogP contribution is -2.20. The van der Waals surface area contributed by atoms with E-state index in [0.29, 0.717) is 16.8 Å². The lowest BCUT2D eigenvalue weighted by molar-refractivity contribution is 0.102. The third-order valence-electron chi connectivity index (χ3n) is 5.88. The van der Waals surface area contributed by atoms with Crippen molar-refractivity contribution in [2.45, 2.75) is 13.8 Å². The van der Waals surface area contributed by atoms with E-state index in [1.165, 1.54) is 0 Å². The Morgan fingerprint density at radius 3 is 2.55 bits per heavy atom. The minimum Gasteiger partial charge on any atom is -0.321 e. The second kappa shape index (κ2) is 7.98. The Morgan fingerprint density at radius 1 is 0.879 bits per heavy atom. The standard InChI is InChI=1S/C27H22N4O2/c1-16-8-9-19(26(32)30-21-11-18-6-4-5-7-24(18)29-15-21)12-22(16)23-13-20-14-28-17(2)10-25(20)31(3)27(23)33/h4-15H,1-3H3,(H,30,32). The van der Waals surface area contributed by atoms with Crippen molar-refractivity contribution in [1.82, 2.24) is 14.5 Å². The fourth-order valence-corrected chi connectivity index (χ4v) is 4.05. The van der Waals surface area contributed by atoms with Gasteiger partial charge in [0.1, 0.15) is 0 Å². The van der Waals surface area contributed by atoms with Crippen LogP contribution in [0.25, 0.3) is 32.9 Å². The van der Waals surface area contributed by atoms with Gasteiger partial charge in [0, 0.05) is 40.8 Å². The number of carbonyl (C=O) groups excluding carboxylic acids is 1. The number of carbonyl (C=O) groups is 1. The van der Waals surface area contributed by atoms with Crippen LogP contribution in [0.1, 0.15) is 21.6 Å². The summed E-state index contributed by atoms with van der Waals surface area (Å²) in [5.74, 6) is -0.261. The van der Waals surface area contributed by atoms with Crippen LogP contribution in [-0.2, 0) is 7.05 Å². The van der Waals surface area contributed by atoms with Crippen LogP contribution in [0.4, 0.5) is 5.69 Å². The Labute approximate surface area is 190 Å². The Balaban J connectivity index is 1.54. The van der Waals surface area contributed by atoms with Crippen LogP contribution in [0, 0.1) is 13.8 Å². The third kappa shape index (κ3) is 3.76. The van der Waals surface area contributed by atoms with Crippen LogP contribution >= 0.6 is 0 Å². The summed E-state index contributed by atoms with van der Waals surface area (Å²) in [6.07, 6.45) is 3.41. The van der Waals surface area contributed by atoms with Gasteiger partial charge in [0.25, 0.3) is 11.5 Å². The van der Waals surface area contributed by atoms with Crippen LogP contribution < -0.4 is 10.9 Å². The predicted octanol–water partition coefficient (Wildman–Crippen LogP) is 5.02. The van der Waals surface area contributed by atoms with Crippen molar-refractivity contribution in [2.24, 2.45) is 7.05 Å². The zero-order valence-corrected chi connectivity index (χ0v) is 18.6. The highest BCUT2D eigenvalue weighted by molar-refractivity contribution is 6.05. The molecule has 0 aliphatic carbocycles. The van der Waals surface area contributed by atoms with Gasteiger partial charge in [-0.2, -0.15) is 0 Å². The van der Waals surface area contributed by atoms with E-state index in [2.05, 4.69) is 15.3 Å². The molecule has 0 saturated heterocycles. The van der Waals surface area contributed by atoms with Crippen LogP contribution in [-0.4, -0.2) is 20.4 Å². The summed E-state index contributed by atoms with van der Waals surface area (Å²) >= 11 is 0. The maximum atomic E-state index is 13.2. The molecule has 162 valence electrons. The molecule has 0 aliphatic rings. The molecule has 0 fully saturated rings. The maximum Gasteiger partial charge on any atom is 0.258 e. The molecular formula is C27H22N4O2. The Morgan fingerprint density at radius 2 is 1.70 bits per heavy atom. The van der Waals surface area contributed by atoms with E-state index >= 15 is 0 Å². The Kier molecular flexibility index (Phi) is 4.98. The van der Waals surface area contributed by atoms with Gasteiger partial charge in [-0.25, -0.2) is 0 Å². The lowest BCUT2D eigenvalue weighted by atomic mass is 9.97. The molecule has 5 aromatic rings. The number of aryl methyl sites for hydroxylation is 3. The molecule has 0 saturated carbocycles. The number of hydrogen-bond donors (Lipinski definition) is 1. The van der Waals surface area contributed by atoms with Gasteiger partial charge in [-0.15, -0.1) is 0 Å². The fourth-order valence-electron chi connectivity index (χ4n) is 4.05. The van der Waals surface area contributed by atoms with Crippen LogP contribution in [0.2, 0.25) is 0 Å². The molecule has 1 N–H and O–H groups in total. The molecule has 0 aliphatic heterocycles. The number of nitrogens with one attached hydrogen (secondary N) is 1. The van der Waals surface area contributed by atoms with Gasteiger partial charge < -0.3 is 9.88 Å². The third-order valence-corrected chi connectivity index (χ3v) is 5.88. The van der Waals surface area contributed by atoms with E-state index < -0.39 is 0 Å². The number of hydrogen-bond acceptors (Lipinski definition) is 4. The normalized spacial score (nSPS) is 11.1. The number of nitrogens with zero attached hydrogens (tertiary/aromatic N) is 3. The van der Waals surface area contributed by atoms with Gasteiger partial charge >= 0.3 is 0 Å². The van der Waals surface area contributed by atoms with E-state index in [1.54, 1.807) is 36.1 Å². The smallest absolute Gasteiger partial charge is 0.258 e. The van der Waals surface area contributed by atoms with Crippen molar-refractivity contribution in [1.29, 1.82) is 0 Å². The molecule has 0 atom stereocenters. The topological polar surface area (TPSA) is 76.9 Å². The number of fused-ring (bicyclic) bond motifs is 2. The Bertz CT molecular complexity index is 1620. The van der Waals surface area contributed by atoms with Crippen molar-refractivity contribution < 1.29 is 4.79 Å². The number of rotatable bonds is 3. The first-order valence-electron chi connectivity index (χ1n) is 10.6. The quantitative estimate of drug-likeness (QED) is 0.433. The Hall–Kier alpha value is -4.32. The number of anilines is 1. The molecule has 0 spiro atoms. The van der Waals surface area contributed by atoms with E-state index in [1.807, 2.05) is 62.4 Å². The van der Waals surface area contributed by atoms with Crippen molar-refractivity contribution in [3.8, 4) is 11.1 Å². The molecule has 0 radical (unpaired) electrons. The summed E-state index contributed by atoms with van der Waals surface area (Å²) in [7, 11) is 1.76. The van der Waals surface area contributed by atoms with Crippen molar-refractivity contribution in [3.63, 3.8) is 0 Å². The van der Waals surface area contributed by atoms with Gasteiger partial charge in [-0.3, -0.25) is 19.6 Å². The monoisotopic (exact) mass is 434 g/mol. The van der Waals surface area contributed by atoms with Gasteiger partial charge in [0.05, 0.1) is 22.9 Å². The molecule has 2 aromatic carbocycles. The van der Waals surface area contributed by atoms with E-state index in [-0.39, 0.29) is 11.5 Å². The van der Waals surface area contributed by atoms with Gasteiger partial charge in [0.2, 0.25) is 0 Å². The number of benzene rings is 2. The maximum absolute atomic E-state index is 13.2. The van der Waals surface area contributed by atoms with Crippen LogP contribution in [0.3, 0.4) is 0 Å². The van der Waals surface area contributed by atoms with Crippen LogP contribution in [0.15, 0.2) is 77.9 Å². The molecule has 3 aromatic heterocycles. The molecular weight excluding hydrogens is 412 g/mol. The molecule has 33 heavy (non-hydrogen) atoms. The number of para-hydroxylation sites is 1. The largest absolute Gasteiger partial charge is 0.321 e. The summed E-state index contributed by atoms with van der Waals surface area (Å²) in [5.41, 5.74) is 5.68. The molecule has 0 bridgehead atoms. The van der Waals surface area contributed by atoms with Crippen molar-refractivity contribution >= 4 is 33.4 Å². The first-order chi connectivity index (χ1) is 15.9. The average molecular weight is 434 g/mol. The molecule has 3 heterocycles.